The molecule has 0 aliphatic carbocycles. The molecule has 0 unspecified atom stereocenters. The Morgan fingerprint density at radius 1 is 0.844 bits per heavy atom. The minimum Gasteiger partial charge on any atom is -0.349 e. The average molecular weight is 449 g/mol. The molecule has 2 atom stereocenters. The molecule has 3 aromatic rings. The first-order valence-corrected chi connectivity index (χ1v) is 12.1. The van der Waals surface area contributed by atoms with E-state index in [-0.39, 0.29) is 10.8 Å². The average Bonchev–Trinajstić information content (AvgIpc) is 2.82. The van der Waals surface area contributed by atoms with Crippen LogP contribution in [-0.2, 0) is 27.5 Å². The van der Waals surface area contributed by atoms with Gasteiger partial charge in [-0.2, -0.15) is 0 Å². The van der Waals surface area contributed by atoms with Gasteiger partial charge >= 0.3 is 0 Å². The molecule has 0 aliphatic heterocycles. The largest absolute Gasteiger partial charge is 0.349 e. The Hall–Kier alpha value is -3.22. The number of nitrogens with one attached hydrogen (secondary N) is 1. The molecule has 166 valence electrons. The normalized spacial score (nSPS) is 13.5. The lowest BCUT2D eigenvalue weighted by atomic mass is 10.0. The van der Waals surface area contributed by atoms with Crippen molar-refractivity contribution in [2.45, 2.75) is 36.2 Å². The zero-order valence-corrected chi connectivity index (χ0v) is 18.6. The highest BCUT2D eigenvalue weighted by Gasteiger charge is 2.18. The van der Waals surface area contributed by atoms with Crippen molar-refractivity contribution in [1.29, 1.82) is 0 Å². The third-order valence-corrected chi connectivity index (χ3v) is 6.56. The minimum absolute atomic E-state index is 0.213. The van der Waals surface area contributed by atoms with Crippen LogP contribution < -0.4 is 11.1 Å². The summed E-state index contributed by atoms with van der Waals surface area (Å²) < 4.78 is 25.3. The van der Waals surface area contributed by atoms with Gasteiger partial charge in [-0.1, -0.05) is 84.9 Å². The minimum atomic E-state index is -3.61. The standard InChI is InChI=1S/C26H28N2O3S/c27-25(20-22-12-6-2-7-13-22)26(29)28-23(17-16-21-10-4-1-5-11-21)18-19-32(30,31)24-14-8-3-9-15-24/h1-15,18-19,23,25H,16-17,20,27H2,(H,28,29)/b19-18+/t23-,25-/m0/s1. The molecular formula is C26H28N2O3S. The van der Waals surface area contributed by atoms with Gasteiger partial charge in [-0.25, -0.2) is 8.42 Å². The van der Waals surface area contributed by atoms with Crippen LogP contribution in [0, 0.1) is 0 Å². The quantitative estimate of drug-likeness (QED) is 0.495. The summed E-state index contributed by atoms with van der Waals surface area (Å²) >= 11 is 0. The lowest BCUT2D eigenvalue weighted by Crippen LogP contribution is -2.46. The second-order valence-corrected chi connectivity index (χ2v) is 9.46. The van der Waals surface area contributed by atoms with E-state index >= 15 is 0 Å². The molecule has 0 bridgehead atoms. The summed E-state index contributed by atoms with van der Waals surface area (Å²) in [5, 5.41) is 4.08. The smallest absolute Gasteiger partial charge is 0.237 e. The fraction of sp³-hybridized carbons (Fsp3) is 0.192. The van der Waals surface area contributed by atoms with Crippen molar-refractivity contribution in [1.82, 2.24) is 5.32 Å². The summed E-state index contributed by atoms with van der Waals surface area (Å²) in [6.45, 7) is 0. The highest BCUT2D eigenvalue weighted by molar-refractivity contribution is 7.94. The van der Waals surface area contributed by atoms with Crippen LogP contribution in [0.3, 0.4) is 0 Å². The molecule has 0 fully saturated rings. The van der Waals surface area contributed by atoms with Gasteiger partial charge in [-0.3, -0.25) is 4.79 Å². The first-order chi connectivity index (χ1) is 15.4. The zero-order chi connectivity index (χ0) is 22.8. The number of aryl methyl sites for hydroxylation is 1. The number of nitrogens with two attached hydrogens (primary N) is 1. The van der Waals surface area contributed by atoms with Crippen molar-refractivity contribution in [3.63, 3.8) is 0 Å². The maximum Gasteiger partial charge on any atom is 0.237 e. The molecule has 1 amide bonds. The van der Waals surface area contributed by atoms with Crippen LogP contribution >= 0.6 is 0 Å². The Labute approximate surface area is 189 Å². The lowest BCUT2D eigenvalue weighted by Gasteiger charge is -2.19. The summed E-state index contributed by atoms with van der Waals surface area (Å²) in [5.74, 6) is -0.311. The Morgan fingerprint density at radius 3 is 1.97 bits per heavy atom. The summed E-state index contributed by atoms with van der Waals surface area (Å²) in [5.41, 5.74) is 8.20. The number of hydrogen-bond donors (Lipinski definition) is 2. The van der Waals surface area contributed by atoms with E-state index in [1.807, 2.05) is 60.7 Å². The lowest BCUT2D eigenvalue weighted by molar-refractivity contribution is -0.122. The molecule has 6 heteroatoms. The van der Waals surface area contributed by atoms with Crippen molar-refractivity contribution in [3.8, 4) is 0 Å². The molecule has 3 N–H and O–H groups in total. The summed E-state index contributed by atoms with van der Waals surface area (Å²) in [4.78, 5) is 13.0. The molecule has 0 radical (unpaired) electrons. The molecule has 0 spiro atoms. The SMILES string of the molecule is N[C@@H](Cc1ccccc1)C(=O)N[C@H](/C=C/S(=O)(=O)c1ccccc1)CCc1ccccc1. The van der Waals surface area contributed by atoms with Crippen molar-refractivity contribution in [3.05, 3.63) is 114 Å². The van der Waals surface area contributed by atoms with E-state index < -0.39 is 21.9 Å². The third kappa shape index (κ3) is 7.18. The van der Waals surface area contributed by atoms with Crippen LogP contribution in [0.15, 0.2) is 107 Å². The van der Waals surface area contributed by atoms with Crippen LogP contribution in [0.1, 0.15) is 17.5 Å². The van der Waals surface area contributed by atoms with Gasteiger partial charge in [0.25, 0.3) is 0 Å². The van der Waals surface area contributed by atoms with E-state index in [1.165, 1.54) is 5.41 Å². The van der Waals surface area contributed by atoms with Gasteiger partial charge in [-0.15, -0.1) is 0 Å². The van der Waals surface area contributed by atoms with Crippen LogP contribution in [0.5, 0.6) is 0 Å². The second kappa shape index (κ2) is 11.4. The van der Waals surface area contributed by atoms with Gasteiger partial charge < -0.3 is 11.1 Å². The molecule has 5 nitrogen and oxygen atoms in total. The van der Waals surface area contributed by atoms with E-state index in [9.17, 15) is 13.2 Å². The summed E-state index contributed by atoms with van der Waals surface area (Å²) in [6.07, 6.45) is 3.19. The maximum absolute atomic E-state index is 12.7. The molecule has 3 aromatic carbocycles. The second-order valence-electron chi connectivity index (χ2n) is 7.62. The van der Waals surface area contributed by atoms with Gasteiger partial charge in [0.2, 0.25) is 5.91 Å². The zero-order valence-electron chi connectivity index (χ0n) is 17.8. The number of benzene rings is 3. The van der Waals surface area contributed by atoms with Crippen LogP contribution in [-0.4, -0.2) is 26.4 Å². The molecule has 0 saturated carbocycles. The maximum atomic E-state index is 12.7. The Bertz CT molecular complexity index is 1120. The Morgan fingerprint density at radius 2 is 1.38 bits per heavy atom. The number of rotatable bonds is 10. The van der Waals surface area contributed by atoms with Gasteiger partial charge in [0.05, 0.1) is 10.9 Å². The summed E-state index contributed by atoms with van der Waals surface area (Å²) in [7, 11) is -3.61. The molecule has 0 aromatic heterocycles. The topological polar surface area (TPSA) is 89.3 Å². The van der Waals surface area contributed by atoms with Crippen LogP contribution in [0.4, 0.5) is 0 Å². The highest BCUT2D eigenvalue weighted by Crippen LogP contribution is 2.13. The highest BCUT2D eigenvalue weighted by atomic mass is 32.2. The fourth-order valence-electron chi connectivity index (χ4n) is 3.32. The fourth-order valence-corrected chi connectivity index (χ4v) is 4.41. The van der Waals surface area contributed by atoms with E-state index in [1.54, 1.807) is 36.4 Å². The van der Waals surface area contributed by atoms with E-state index in [0.717, 1.165) is 11.1 Å². The molecule has 0 aliphatic rings. The monoisotopic (exact) mass is 448 g/mol. The van der Waals surface area contributed by atoms with Gasteiger partial charge in [-0.05, 0) is 42.5 Å². The Kier molecular flexibility index (Phi) is 8.36. The first kappa shape index (κ1) is 23.4. The predicted octanol–water partition coefficient (Wildman–Crippen LogP) is 3.66. The van der Waals surface area contributed by atoms with E-state index in [2.05, 4.69) is 5.32 Å². The van der Waals surface area contributed by atoms with Crippen molar-refractivity contribution >= 4 is 15.7 Å². The number of carbonyl (C=O) groups excluding carboxylic acids is 1. The van der Waals surface area contributed by atoms with Gasteiger partial charge in [0, 0.05) is 11.4 Å². The van der Waals surface area contributed by atoms with Crippen molar-refractivity contribution < 1.29 is 13.2 Å². The number of carbonyl (C=O) groups is 1. The van der Waals surface area contributed by atoms with Crippen molar-refractivity contribution in [2.75, 3.05) is 0 Å². The predicted molar refractivity (Wildman–Crippen MR) is 128 cm³/mol. The van der Waals surface area contributed by atoms with Crippen LogP contribution in [0.25, 0.3) is 0 Å². The number of hydrogen-bond acceptors (Lipinski definition) is 4. The molecule has 0 heterocycles. The number of sulfone groups is 1. The third-order valence-electron chi connectivity index (χ3n) is 5.11. The van der Waals surface area contributed by atoms with Crippen molar-refractivity contribution in [2.24, 2.45) is 5.73 Å². The molecule has 0 saturated heterocycles. The van der Waals surface area contributed by atoms with Gasteiger partial charge in [0.15, 0.2) is 9.84 Å². The van der Waals surface area contributed by atoms with Gasteiger partial charge in [0.1, 0.15) is 0 Å². The van der Waals surface area contributed by atoms with E-state index in [4.69, 9.17) is 5.73 Å². The molecule has 3 rings (SSSR count). The molecular weight excluding hydrogens is 420 g/mol. The first-order valence-electron chi connectivity index (χ1n) is 10.6. The van der Waals surface area contributed by atoms with Crippen LogP contribution in [0.2, 0.25) is 0 Å². The number of amides is 1. The van der Waals surface area contributed by atoms with E-state index in [0.29, 0.717) is 19.3 Å². The Balaban J connectivity index is 1.71. The summed E-state index contributed by atoms with van der Waals surface area (Å²) in [6, 6.07) is 26.4. The molecule has 32 heavy (non-hydrogen) atoms.